The van der Waals surface area contributed by atoms with E-state index in [4.69, 9.17) is 5.73 Å². The van der Waals surface area contributed by atoms with Crippen molar-refractivity contribution < 1.29 is 137 Å². The number of anilines is 3. The number of nitrogens with one attached hydrogen (secondary N) is 2. The Kier molecular flexibility index (Phi) is 15.6. The average Bonchev–Trinajstić information content (AvgIpc) is 3.09. The van der Waals surface area contributed by atoms with Gasteiger partial charge in [0.15, 0.2) is 0 Å². The van der Waals surface area contributed by atoms with Crippen molar-refractivity contribution in [3.8, 4) is 0 Å². The van der Waals surface area contributed by atoms with Crippen LogP contribution < -0.4 is 105 Å². The summed E-state index contributed by atoms with van der Waals surface area (Å²) in [6.07, 6.45) is 3.18. The maximum atomic E-state index is 13.6. The summed E-state index contributed by atoms with van der Waals surface area (Å²) in [4.78, 5) is 23.5. The van der Waals surface area contributed by atoms with Crippen molar-refractivity contribution >= 4 is 93.9 Å². The van der Waals surface area contributed by atoms with Gasteiger partial charge in [-0.05, 0) is 77.9 Å². The van der Waals surface area contributed by atoms with Gasteiger partial charge in [0.2, 0.25) is 11.6 Å². The van der Waals surface area contributed by atoms with E-state index in [2.05, 4.69) is 31.3 Å². The molecule has 2 aliphatic carbocycles. The summed E-state index contributed by atoms with van der Waals surface area (Å²) in [7, 11) is -15.5. The van der Waals surface area contributed by atoms with E-state index in [-0.39, 0.29) is 111 Å². The number of ketones is 2. The van der Waals surface area contributed by atoms with Gasteiger partial charge in [0.25, 0.3) is 0 Å². The summed E-state index contributed by atoms with van der Waals surface area (Å²) in [5.41, 5.74) is 9.26. The van der Waals surface area contributed by atoms with Crippen LogP contribution in [0.25, 0.3) is 12.2 Å². The van der Waals surface area contributed by atoms with Gasteiger partial charge in [0, 0.05) is 5.56 Å². The molecule has 2 aliphatic rings. The Labute approximate surface area is 385 Å². The predicted octanol–water partition coefficient (Wildman–Crippen LogP) is -5.53. The maximum Gasteiger partial charge on any atom is 1.00 e. The van der Waals surface area contributed by atoms with E-state index in [1.807, 2.05) is 0 Å². The normalized spacial score (nSPS) is 15.2. The number of carbonyl (C=O) groups is 2. The molecule has 56 heavy (non-hydrogen) atoms. The number of allylic oxidation sites excluding steroid dienone is 2. The number of hydrazone groups is 2. The van der Waals surface area contributed by atoms with Gasteiger partial charge in [0.1, 0.15) is 47.5 Å². The van der Waals surface area contributed by atoms with Crippen molar-refractivity contribution in [3.05, 3.63) is 112 Å². The molecular formula is C32H20N7Na3O11S3. The topological polar surface area (TPSA) is 305 Å². The molecule has 0 atom stereocenters. The molecule has 0 saturated heterocycles. The molecule has 0 aliphatic heterocycles. The molecule has 0 aromatic heterocycles. The number of nitrogens with zero attached hydrogens (tertiary/aromatic N) is 4. The number of para-hydroxylation sites is 1. The summed E-state index contributed by atoms with van der Waals surface area (Å²) in [6, 6.07) is 17.7. The van der Waals surface area contributed by atoms with Crippen LogP contribution in [0.5, 0.6) is 0 Å². The smallest absolute Gasteiger partial charge is 0.744 e. The monoisotopic (exact) mass is 843 g/mol. The summed E-state index contributed by atoms with van der Waals surface area (Å²) < 4.78 is 107. The molecule has 6 rings (SSSR count). The van der Waals surface area contributed by atoms with Gasteiger partial charge in [-0.15, -0.1) is 5.11 Å². The van der Waals surface area contributed by atoms with Crippen LogP contribution in [-0.2, 0) is 35.1 Å². The second-order valence-electron chi connectivity index (χ2n) is 11.0. The molecule has 0 amide bonds. The minimum absolute atomic E-state index is 0. The van der Waals surface area contributed by atoms with Crippen molar-refractivity contribution in [2.75, 3.05) is 16.6 Å². The fourth-order valence-electron chi connectivity index (χ4n) is 5.09. The Bertz CT molecular complexity index is 2740. The number of Topliss-reactive ketones (excluding diaryl/α,β-unsaturated/α-hetero) is 1. The van der Waals surface area contributed by atoms with Gasteiger partial charge in [-0.1, -0.05) is 30.3 Å². The molecule has 24 heteroatoms. The number of benzene rings is 4. The van der Waals surface area contributed by atoms with Crippen LogP contribution in [0.15, 0.2) is 120 Å². The molecule has 0 heterocycles. The molecule has 0 unspecified atom stereocenters. The van der Waals surface area contributed by atoms with Crippen molar-refractivity contribution in [2.24, 2.45) is 20.4 Å². The van der Waals surface area contributed by atoms with Crippen molar-refractivity contribution in [3.63, 3.8) is 0 Å². The predicted molar refractivity (Wildman–Crippen MR) is 188 cm³/mol. The van der Waals surface area contributed by atoms with E-state index in [0.29, 0.717) is 23.5 Å². The molecule has 0 saturated carbocycles. The van der Waals surface area contributed by atoms with Crippen molar-refractivity contribution in [2.45, 2.75) is 9.79 Å². The number of nitrogen functional groups attached to an aromatic ring is 1. The molecular weight excluding hydrogens is 824 g/mol. The van der Waals surface area contributed by atoms with Crippen LogP contribution in [0.3, 0.4) is 0 Å². The molecule has 0 radical (unpaired) electrons. The minimum atomic E-state index is -5.38. The standard InChI is InChI=1S/C32H23N7O11S3.3Na/c33-28-27-18(16-26(53(48,49)50)31(32(27)41)39-34-19-4-2-1-3-5-19)15-25(52(45,46)47)30(28)38-36-21-9-7-20(8-10-21)35-37-29-23-12-11-22(51(42,43)44)14-17(23)6-13-24(29)40;;;/h1-16,34-35H,33H2,(H,42,43,44)(H,45,46,47)(H,48,49,50);;;/q;3*+1/p-3/b37-29-,38-36?,39-31+;;;. The van der Waals surface area contributed by atoms with E-state index in [9.17, 15) is 48.5 Å². The Morgan fingerprint density at radius 2 is 1.23 bits per heavy atom. The largest absolute Gasteiger partial charge is 1.00 e. The SMILES string of the molecule is Nc1c(N=Nc2ccc(N/N=C3\C(=O)C=Cc4cc(S(=O)(=O)[O-])ccc43)cc2)c(S(=O)(=O)[O-])cc2c1C(=O)/C(=N/Nc1ccccc1)C(S(=O)(=O)[O-])=C2.[Na+].[Na+].[Na+]. The van der Waals surface area contributed by atoms with Gasteiger partial charge < -0.3 is 19.4 Å². The molecule has 18 nitrogen and oxygen atoms in total. The Morgan fingerprint density at radius 1 is 0.625 bits per heavy atom. The third-order valence-corrected chi connectivity index (χ3v) is 10.1. The minimum Gasteiger partial charge on any atom is -0.744 e. The third kappa shape index (κ3) is 10.4. The second kappa shape index (κ2) is 18.6. The summed E-state index contributed by atoms with van der Waals surface area (Å²) in [6.45, 7) is 0. The van der Waals surface area contributed by atoms with Gasteiger partial charge in [-0.3, -0.25) is 20.4 Å². The van der Waals surface area contributed by atoms with E-state index in [1.54, 1.807) is 18.2 Å². The number of rotatable bonds is 9. The Balaban J connectivity index is 0.00000280. The molecule has 0 fully saturated rings. The molecule has 4 aromatic rings. The summed E-state index contributed by atoms with van der Waals surface area (Å²) in [5.74, 6) is -1.70. The van der Waals surface area contributed by atoms with Crippen molar-refractivity contribution in [1.29, 1.82) is 0 Å². The first kappa shape index (κ1) is 47.1. The fourth-order valence-corrected chi connectivity index (χ4v) is 6.90. The van der Waals surface area contributed by atoms with Crippen LogP contribution in [0.2, 0.25) is 0 Å². The van der Waals surface area contributed by atoms with E-state index in [1.165, 1.54) is 48.5 Å². The quantitative estimate of drug-likeness (QED) is 0.0466. The fraction of sp³-hybridized carbons (Fsp3) is 0. The number of fused-ring (bicyclic) bond motifs is 2. The molecule has 270 valence electrons. The van der Waals surface area contributed by atoms with Crippen molar-refractivity contribution in [1.82, 2.24) is 0 Å². The van der Waals surface area contributed by atoms with Crippen LogP contribution in [-0.4, -0.2) is 61.9 Å². The zero-order valence-corrected chi connectivity index (χ0v) is 37.8. The zero-order chi connectivity index (χ0) is 38.3. The van der Waals surface area contributed by atoms with E-state index in [0.717, 1.165) is 18.2 Å². The Morgan fingerprint density at radius 3 is 1.82 bits per heavy atom. The number of azo groups is 1. The van der Waals surface area contributed by atoms with Crippen LogP contribution in [0.4, 0.5) is 28.4 Å². The van der Waals surface area contributed by atoms with E-state index >= 15 is 0 Å². The summed E-state index contributed by atoms with van der Waals surface area (Å²) >= 11 is 0. The number of nitrogens with two attached hydrogens (primary N) is 1. The average molecular weight is 844 g/mol. The van der Waals surface area contributed by atoms with Gasteiger partial charge in [-0.2, -0.15) is 15.3 Å². The molecule has 4 N–H and O–H groups in total. The first-order valence-electron chi connectivity index (χ1n) is 14.6. The number of hydrogen-bond acceptors (Lipinski definition) is 18. The number of carbonyl (C=O) groups excluding carboxylic acids is 2. The Hall–Kier alpha value is -3.23. The van der Waals surface area contributed by atoms with Gasteiger partial charge >= 0.3 is 88.7 Å². The van der Waals surface area contributed by atoms with Gasteiger partial charge in [0.05, 0.1) is 43.0 Å². The van der Waals surface area contributed by atoms with Crippen LogP contribution in [0, 0.1) is 0 Å². The first-order chi connectivity index (χ1) is 24.9. The number of hydrogen-bond donors (Lipinski definition) is 3. The molecule has 0 spiro atoms. The first-order valence-corrected chi connectivity index (χ1v) is 18.9. The van der Waals surface area contributed by atoms with E-state index < -0.39 is 84.8 Å². The molecule has 4 aromatic carbocycles. The van der Waals surface area contributed by atoms with Gasteiger partial charge in [-0.25, -0.2) is 25.3 Å². The molecule has 0 bridgehead atoms. The zero-order valence-electron chi connectivity index (χ0n) is 29.3. The second-order valence-corrected chi connectivity index (χ2v) is 15.1. The third-order valence-electron chi connectivity index (χ3n) is 7.55. The maximum absolute atomic E-state index is 13.6. The summed E-state index contributed by atoms with van der Waals surface area (Å²) in [5, 5.41) is 15.7. The van der Waals surface area contributed by atoms with Crippen LogP contribution in [0.1, 0.15) is 27.0 Å². The van der Waals surface area contributed by atoms with Crippen LogP contribution >= 0.6 is 0 Å².